The Bertz CT molecular complexity index is 652. The summed E-state index contributed by atoms with van der Waals surface area (Å²) < 4.78 is 15.6. The summed E-state index contributed by atoms with van der Waals surface area (Å²) in [6, 6.07) is 5.59. The Morgan fingerprint density at radius 2 is 2.05 bits per heavy atom. The van der Waals surface area contributed by atoms with Crippen LogP contribution in [0.5, 0.6) is 0 Å². The first-order valence-electron chi connectivity index (χ1n) is 6.64. The van der Waals surface area contributed by atoms with E-state index in [1.54, 1.807) is 4.68 Å². The van der Waals surface area contributed by atoms with Gasteiger partial charge in [0.05, 0.1) is 21.8 Å². The molecule has 0 aliphatic carbocycles. The SMILES string of the molecule is CCn1nc(C)c(Br)c1CC(C(=O)O)c1ccc(F)cc1. The van der Waals surface area contributed by atoms with E-state index in [4.69, 9.17) is 0 Å². The van der Waals surface area contributed by atoms with Crippen molar-refractivity contribution in [3.05, 3.63) is 51.5 Å². The number of halogens is 2. The highest BCUT2D eigenvalue weighted by Gasteiger charge is 2.24. The van der Waals surface area contributed by atoms with Gasteiger partial charge in [0.2, 0.25) is 0 Å². The lowest BCUT2D eigenvalue weighted by Gasteiger charge is -2.14. The van der Waals surface area contributed by atoms with Crippen LogP contribution in [-0.2, 0) is 17.8 Å². The Balaban J connectivity index is 2.37. The summed E-state index contributed by atoms with van der Waals surface area (Å²) in [4.78, 5) is 11.6. The smallest absolute Gasteiger partial charge is 0.311 e. The van der Waals surface area contributed by atoms with Crippen LogP contribution in [0.15, 0.2) is 28.7 Å². The number of benzene rings is 1. The predicted octanol–water partition coefficient (Wildman–Crippen LogP) is 3.52. The molecular formula is C15H16BrFN2O2. The van der Waals surface area contributed by atoms with E-state index < -0.39 is 11.9 Å². The average Bonchev–Trinajstić information content (AvgIpc) is 2.72. The van der Waals surface area contributed by atoms with Crippen LogP contribution >= 0.6 is 15.9 Å². The van der Waals surface area contributed by atoms with Crippen LogP contribution in [0.1, 0.15) is 29.8 Å². The van der Waals surface area contributed by atoms with E-state index in [1.807, 2.05) is 13.8 Å². The molecule has 0 aliphatic heterocycles. The zero-order valence-electron chi connectivity index (χ0n) is 11.8. The minimum atomic E-state index is -0.935. The highest BCUT2D eigenvalue weighted by atomic mass is 79.9. The van der Waals surface area contributed by atoms with Crippen LogP contribution in [0, 0.1) is 12.7 Å². The summed E-state index contributed by atoms with van der Waals surface area (Å²) in [5.41, 5.74) is 2.25. The highest BCUT2D eigenvalue weighted by Crippen LogP contribution is 2.28. The van der Waals surface area contributed by atoms with Crippen molar-refractivity contribution in [2.45, 2.75) is 32.7 Å². The van der Waals surface area contributed by atoms with Crippen molar-refractivity contribution in [1.82, 2.24) is 9.78 Å². The summed E-state index contributed by atoms with van der Waals surface area (Å²) in [7, 11) is 0. The van der Waals surface area contributed by atoms with Crippen molar-refractivity contribution in [2.24, 2.45) is 0 Å². The molecule has 1 atom stereocenters. The van der Waals surface area contributed by atoms with E-state index in [1.165, 1.54) is 24.3 Å². The third-order valence-electron chi connectivity index (χ3n) is 3.42. The summed E-state index contributed by atoms with van der Waals surface area (Å²) in [6.45, 7) is 4.49. The van der Waals surface area contributed by atoms with Gasteiger partial charge in [-0.05, 0) is 47.5 Å². The largest absolute Gasteiger partial charge is 0.481 e. The van der Waals surface area contributed by atoms with Gasteiger partial charge in [-0.25, -0.2) is 4.39 Å². The Morgan fingerprint density at radius 3 is 2.57 bits per heavy atom. The van der Waals surface area contributed by atoms with Crippen LogP contribution in [-0.4, -0.2) is 20.9 Å². The second kappa shape index (κ2) is 6.39. The van der Waals surface area contributed by atoms with E-state index in [9.17, 15) is 14.3 Å². The third kappa shape index (κ3) is 3.32. The van der Waals surface area contributed by atoms with Gasteiger partial charge in [-0.2, -0.15) is 5.10 Å². The van der Waals surface area contributed by atoms with Gasteiger partial charge in [-0.3, -0.25) is 9.48 Å². The second-order valence-electron chi connectivity index (χ2n) is 4.81. The molecule has 1 N–H and O–H groups in total. The van der Waals surface area contributed by atoms with Crippen LogP contribution < -0.4 is 0 Å². The maximum absolute atomic E-state index is 13.0. The number of nitrogens with zero attached hydrogens (tertiary/aromatic N) is 2. The molecule has 1 unspecified atom stereocenters. The van der Waals surface area contributed by atoms with Crippen LogP contribution in [0.3, 0.4) is 0 Å². The van der Waals surface area contributed by atoms with Gasteiger partial charge in [0.25, 0.3) is 0 Å². The normalized spacial score (nSPS) is 12.4. The second-order valence-corrected chi connectivity index (χ2v) is 5.60. The molecular weight excluding hydrogens is 339 g/mol. The molecule has 1 aromatic carbocycles. The molecule has 1 aromatic heterocycles. The minimum Gasteiger partial charge on any atom is -0.481 e. The highest BCUT2D eigenvalue weighted by molar-refractivity contribution is 9.10. The molecule has 2 aromatic rings. The van der Waals surface area contributed by atoms with Crippen molar-refractivity contribution < 1.29 is 14.3 Å². The zero-order valence-corrected chi connectivity index (χ0v) is 13.4. The first-order chi connectivity index (χ1) is 9.93. The lowest BCUT2D eigenvalue weighted by molar-refractivity contribution is -0.138. The summed E-state index contributed by atoms with van der Waals surface area (Å²) in [6.07, 6.45) is 0.302. The number of aryl methyl sites for hydroxylation is 2. The quantitative estimate of drug-likeness (QED) is 0.893. The maximum atomic E-state index is 13.0. The van der Waals surface area contributed by atoms with Gasteiger partial charge < -0.3 is 5.11 Å². The summed E-state index contributed by atoms with van der Waals surface area (Å²) >= 11 is 3.47. The monoisotopic (exact) mass is 354 g/mol. The number of hydrogen-bond donors (Lipinski definition) is 1. The molecule has 0 fully saturated rings. The first kappa shape index (κ1) is 15.7. The van der Waals surface area contributed by atoms with Gasteiger partial charge in [-0.15, -0.1) is 0 Å². The number of rotatable bonds is 5. The van der Waals surface area contributed by atoms with E-state index >= 15 is 0 Å². The molecule has 0 spiro atoms. The van der Waals surface area contributed by atoms with Gasteiger partial charge in [0.1, 0.15) is 5.82 Å². The molecule has 0 aliphatic rings. The molecule has 0 amide bonds. The number of hydrogen-bond acceptors (Lipinski definition) is 2. The first-order valence-corrected chi connectivity index (χ1v) is 7.43. The number of aliphatic carboxylic acids is 1. The van der Waals surface area contributed by atoms with Gasteiger partial charge in [-0.1, -0.05) is 12.1 Å². The molecule has 2 rings (SSSR count). The topological polar surface area (TPSA) is 55.1 Å². The molecule has 112 valence electrons. The van der Waals surface area contributed by atoms with Crippen LogP contribution in [0.2, 0.25) is 0 Å². The van der Waals surface area contributed by atoms with Crippen molar-refractivity contribution in [3.63, 3.8) is 0 Å². The van der Waals surface area contributed by atoms with E-state index in [0.717, 1.165) is 15.9 Å². The Kier molecular flexibility index (Phi) is 4.77. The van der Waals surface area contributed by atoms with Crippen molar-refractivity contribution >= 4 is 21.9 Å². The molecule has 21 heavy (non-hydrogen) atoms. The fraction of sp³-hybridized carbons (Fsp3) is 0.333. The molecule has 1 heterocycles. The van der Waals surface area contributed by atoms with Gasteiger partial charge in [0.15, 0.2) is 0 Å². The third-order valence-corrected chi connectivity index (χ3v) is 4.45. The van der Waals surface area contributed by atoms with E-state index in [0.29, 0.717) is 18.5 Å². The Hall–Kier alpha value is -1.69. The minimum absolute atomic E-state index is 0.302. The fourth-order valence-corrected chi connectivity index (χ4v) is 2.75. The lowest BCUT2D eigenvalue weighted by Crippen LogP contribution is -2.17. The van der Waals surface area contributed by atoms with Crippen molar-refractivity contribution in [1.29, 1.82) is 0 Å². The Morgan fingerprint density at radius 1 is 1.43 bits per heavy atom. The van der Waals surface area contributed by atoms with E-state index in [-0.39, 0.29) is 5.82 Å². The molecule has 0 saturated heterocycles. The predicted molar refractivity (Wildman–Crippen MR) is 80.8 cm³/mol. The average molecular weight is 355 g/mol. The maximum Gasteiger partial charge on any atom is 0.311 e. The van der Waals surface area contributed by atoms with E-state index in [2.05, 4.69) is 21.0 Å². The van der Waals surface area contributed by atoms with Crippen LogP contribution in [0.4, 0.5) is 4.39 Å². The summed E-state index contributed by atoms with van der Waals surface area (Å²) in [5, 5.41) is 13.8. The number of carbonyl (C=O) groups is 1. The Labute approximate surface area is 130 Å². The number of carboxylic acids is 1. The number of carboxylic acid groups (broad SMARTS) is 1. The molecule has 0 bridgehead atoms. The molecule has 6 heteroatoms. The van der Waals surface area contributed by atoms with Gasteiger partial charge >= 0.3 is 5.97 Å². The molecule has 0 radical (unpaired) electrons. The molecule has 4 nitrogen and oxygen atoms in total. The van der Waals surface area contributed by atoms with Crippen molar-refractivity contribution in [3.8, 4) is 0 Å². The number of aromatic nitrogens is 2. The van der Waals surface area contributed by atoms with Crippen LogP contribution in [0.25, 0.3) is 0 Å². The lowest BCUT2D eigenvalue weighted by atomic mass is 9.94. The molecule has 0 saturated carbocycles. The van der Waals surface area contributed by atoms with Gasteiger partial charge in [0, 0.05) is 13.0 Å². The fourth-order valence-electron chi connectivity index (χ4n) is 2.30. The summed E-state index contributed by atoms with van der Waals surface area (Å²) in [5.74, 6) is -2.04. The van der Waals surface area contributed by atoms with Crippen molar-refractivity contribution in [2.75, 3.05) is 0 Å². The zero-order chi connectivity index (χ0) is 15.6. The standard InChI is InChI=1S/C15H16BrFN2O2/c1-3-19-13(14(16)9(2)18-19)8-12(15(20)21)10-4-6-11(17)7-5-10/h4-7,12H,3,8H2,1-2H3,(H,20,21).